The number of hydrogen-bond acceptors (Lipinski definition) is 7. The van der Waals surface area contributed by atoms with Gasteiger partial charge < -0.3 is 19.9 Å². The summed E-state index contributed by atoms with van der Waals surface area (Å²) in [5, 5.41) is 26.0. The number of aliphatic hydroxyl groups is 1. The van der Waals surface area contributed by atoms with Crippen LogP contribution in [0.2, 0.25) is 0 Å². The van der Waals surface area contributed by atoms with Crippen molar-refractivity contribution in [1.29, 1.82) is 0 Å². The van der Waals surface area contributed by atoms with Crippen molar-refractivity contribution in [3.63, 3.8) is 0 Å². The Bertz CT molecular complexity index is 932. The molecule has 3 rings (SSSR count). The molecule has 3 aromatic rings. The van der Waals surface area contributed by atoms with E-state index in [1.165, 1.54) is 23.1 Å². The predicted octanol–water partition coefficient (Wildman–Crippen LogP) is 0.287. The fraction of sp³-hybridized carbons (Fsp3) is 0.312. The lowest BCUT2D eigenvalue weighted by Gasteiger charge is -2.01. The molecule has 0 aliphatic carbocycles. The lowest BCUT2D eigenvalue weighted by atomic mass is 10.1. The number of H-pyrrole nitrogens is 1. The minimum absolute atomic E-state index is 0.0438. The van der Waals surface area contributed by atoms with Crippen molar-refractivity contribution in [2.75, 3.05) is 19.8 Å². The second kappa shape index (κ2) is 7.85. The number of fused-ring (bicyclic) bond motifs is 1. The summed E-state index contributed by atoms with van der Waals surface area (Å²) in [4.78, 5) is 30.2. The van der Waals surface area contributed by atoms with Crippen molar-refractivity contribution in [3.05, 3.63) is 41.5 Å². The molecule has 3 heterocycles. The molecule has 0 atom stereocenters. The number of nitrogens with zero attached hydrogens (tertiary/aromatic N) is 4. The van der Waals surface area contributed by atoms with E-state index in [4.69, 9.17) is 14.9 Å². The summed E-state index contributed by atoms with van der Waals surface area (Å²) in [6.07, 6.45) is 3.14. The van der Waals surface area contributed by atoms with Crippen LogP contribution < -0.4 is 0 Å². The number of Topliss-reactive ketones (excluding diaryl/α,β-unsaturated/α-hetero) is 1. The minimum atomic E-state index is -1.07. The van der Waals surface area contributed by atoms with Crippen LogP contribution in [0.3, 0.4) is 0 Å². The Labute approximate surface area is 147 Å². The second-order valence-electron chi connectivity index (χ2n) is 5.57. The largest absolute Gasteiger partial charge is 0.477 e. The first-order valence-electron chi connectivity index (χ1n) is 7.89. The van der Waals surface area contributed by atoms with E-state index in [1.807, 2.05) is 0 Å². The van der Waals surface area contributed by atoms with Gasteiger partial charge in [0.25, 0.3) is 0 Å². The first-order chi connectivity index (χ1) is 12.6. The predicted molar refractivity (Wildman–Crippen MR) is 89.0 cm³/mol. The number of aliphatic hydroxyl groups excluding tert-OH is 1. The molecule has 0 fully saturated rings. The third-order valence-corrected chi connectivity index (χ3v) is 3.65. The molecule has 0 amide bonds. The third kappa shape index (κ3) is 4.10. The average molecular weight is 359 g/mol. The maximum atomic E-state index is 12.3. The van der Waals surface area contributed by atoms with Crippen molar-refractivity contribution in [2.45, 2.75) is 13.0 Å². The maximum Gasteiger partial charge on any atom is 0.352 e. The molecule has 3 aromatic heterocycles. The van der Waals surface area contributed by atoms with Crippen LogP contribution in [0.1, 0.15) is 26.5 Å². The quantitative estimate of drug-likeness (QED) is 0.365. The summed E-state index contributed by atoms with van der Waals surface area (Å²) >= 11 is 0. The van der Waals surface area contributed by atoms with Gasteiger partial charge in [-0.3, -0.25) is 4.79 Å². The van der Waals surface area contributed by atoms with E-state index < -0.39 is 5.97 Å². The number of ketones is 1. The molecule has 10 heteroatoms. The molecule has 0 unspecified atom stereocenters. The summed E-state index contributed by atoms with van der Waals surface area (Å²) in [6.45, 7) is 0.986. The van der Waals surface area contributed by atoms with Crippen molar-refractivity contribution in [3.8, 4) is 0 Å². The lowest BCUT2D eigenvalue weighted by molar-refractivity contribution is 0.0691. The number of rotatable bonds is 9. The van der Waals surface area contributed by atoms with Crippen LogP contribution in [-0.2, 0) is 17.7 Å². The van der Waals surface area contributed by atoms with Crippen LogP contribution >= 0.6 is 0 Å². The molecule has 0 radical (unpaired) electrons. The van der Waals surface area contributed by atoms with E-state index in [2.05, 4.69) is 20.3 Å². The van der Waals surface area contributed by atoms with Gasteiger partial charge in [0.05, 0.1) is 32.6 Å². The molecule has 0 saturated heterocycles. The van der Waals surface area contributed by atoms with Gasteiger partial charge >= 0.3 is 5.97 Å². The van der Waals surface area contributed by atoms with Crippen LogP contribution in [0.5, 0.6) is 0 Å². The Morgan fingerprint density at radius 1 is 1.27 bits per heavy atom. The zero-order valence-electron chi connectivity index (χ0n) is 13.8. The monoisotopic (exact) mass is 359 g/mol. The van der Waals surface area contributed by atoms with Gasteiger partial charge in [0, 0.05) is 18.0 Å². The van der Waals surface area contributed by atoms with Crippen LogP contribution in [0.4, 0.5) is 0 Å². The smallest absolute Gasteiger partial charge is 0.352 e. The highest BCUT2D eigenvalue weighted by atomic mass is 16.5. The van der Waals surface area contributed by atoms with Gasteiger partial charge in [0.1, 0.15) is 17.0 Å². The zero-order valence-corrected chi connectivity index (χ0v) is 13.8. The normalized spacial score (nSPS) is 11.1. The second-order valence-corrected chi connectivity index (χ2v) is 5.57. The minimum Gasteiger partial charge on any atom is -0.477 e. The first kappa shape index (κ1) is 17.7. The van der Waals surface area contributed by atoms with Crippen LogP contribution in [0, 0.1) is 0 Å². The summed E-state index contributed by atoms with van der Waals surface area (Å²) in [5.74, 6) is -1.29. The summed E-state index contributed by atoms with van der Waals surface area (Å²) in [5.41, 5.74) is 1.38. The van der Waals surface area contributed by atoms with E-state index in [-0.39, 0.29) is 36.8 Å². The topological polar surface area (TPSA) is 143 Å². The van der Waals surface area contributed by atoms with Gasteiger partial charge in [-0.2, -0.15) is 0 Å². The Kier molecular flexibility index (Phi) is 5.34. The number of aromatic carboxylic acids is 1. The number of carboxylic acid groups (broad SMARTS) is 1. The van der Waals surface area contributed by atoms with Gasteiger partial charge in [-0.1, -0.05) is 5.21 Å². The standard InChI is InChI=1S/C16H17N5O5/c22-2-4-26-3-1-21-9-13(19-20-21)14(23)6-10-5-11-7-12(16(24)25)18-15(11)17-8-10/h5,7-9,22H,1-4,6H2,(H,17,18)(H,24,25). The fourth-order valence-electron chi connectivity index (χ4n) is 2.41. The zero-order chi connectivity index (χ0) is 18.5. The fourth-order valence-corrected chi connectivity index (χ4v) is 2.41. The highest BCUT2D eigenvalue weighted by molar-refractivity contribution is 5.96. The Morgan fingerprint density at radius 3 is 2.88 bits per heavy atom. The van der Waals surface area contributed by atoms with E-state index in [0.29, 0.717) is 29.7 Å². The average Bonchev–Trinajstić information content (AvgIpc) is 3.25. The van der Waals surface area contributed by atoms with Crippen molar-refractivity contribution in [2.24, 2.45) is 0 Å². The van der Waals surface area contributed by atoms with E-state index in [1.54, 1.807) is 6.07 Å². The van der Waals surface area contributed by atoms with Gasteiger partial charge in [0.2, 0.25) is 0 Å². The Morgan fingerprint density at radius 2 is 2.12 bits per heavy atom. The van der Waals surface area contributed by atoms with Gasteiger partial charge in [-0.25, -0.2) is 14.5 Å². The number of ether oxygens (including phenoxy) is 1. The molecule has 10 nitrogen and oxygen atoms in total. The lowest BCUT2D eigenvalue weighted by Crippen LogP contribution is -2.09. The molecular formula is C16H17N5O5. The number of aromatic amines is 1. The first-order valence-corrected chi connectivity index (χ1v) is 7.89. The van der Waals surface area contributed by atoms with Crippen molar-refractivity contribution in [1.82, 2.24) is 25.0 Å². The number of hydrogen-bond donors (Lipinski definition) is 3. The maximum absolute atomic E-state index is 12.3. The molecule has 0 spiro atoms. The number of aromatic nitrogens is 5. The van der Waals surface area contributed by atoms with Crippen LogP contribution in [0.25, 0.3) is 11.0 Å². The molecule has 0 bridgehead atoms. The Balaban J connectivity index is 1.65. The van der Waals surface area contributed by atoms with Crippen molar-refractivity contribution < 1.29 is 24.5 Å². The van der Waals surface area contributed by atoms with Gasteiger partial charge in [-0.15, -0.1) is 5.10 Å². The van der Waals surface area contributed by atoms with E-state index >= 15 is 0 Å². The molecule has 0 saturated carbocycles. The number of carbonyl (C=O) groups excluding carboxylic acids is 1. The SMILES string of the molecule is O=C(Cc1cnc2[nH]c(C(=O)O)cc2c1)c1cn(CCOCCO)nn1. The Hall–Kier alpha value is -3.11. The summed E-state index contributed by atoms with van der Waals surface area (Å²) in [7, 11) is 0. The van der Waals surface area contributed by atoms with E-state index in [0.717, 1.165) is 0 Å². The van der Waals surface area contributed by atoms with Gasteiger partial charge in [0.15, 0.2) is 5.78 Å². The molecule has 26 heavy (non-hydrogen) atoms. The summed E-state index contributed by atoms with van der Waals surface area (Å²) < 4.78 is 6.63. The molecule has 0 aliphatic rings. The summed E-state index contributed by atoms with van der Waals surface area (Å²) in [6, 6.07) is 3.19. The van der Waals surface area contributed by atoms with Crippen LogP contribution in [0.15, 0.2) is 24.5 Å². The highest BCUT2D eigenvalue weighted by Crippen LogP contribution is 2.16. The molecule has 0 aliphatic heterocycles. The molecule has 3 N–H and O–H groups in total. The highest BCUT2D eigenvalue weighted by Gasteiger charge is 2.14. The molecule has 136 valence electrons. The third-order valence-electron chi connectivity index (χ3n) is 3.65. The van der Waals surface area contributed by atoms with Gasteiger partial charge in [-0.05, 0) is 17.7 Å². The number of pyridine rings is 1. The number of carbonyl (C=O) groups is 2. The van der Waals surface area contributed by atoms with Crippen molar-refractivity contribution >= 4 is 22.8 Å². The number of nitrogens with one attached hydrogen (secondary N) is 1. The van der Waals surface area contributed by atoms with Crippen LogP contribution in [-0.4, -0.2) is 66.7 Å². The molecule has 0 aromatic carbocycles. The molecular weight excluding hydrogens is 342 g/mol. The van der Waals surface area contributed by atoms with E-state index in [9.17, 15) is 9.59 Å². The number of carboxylic acids is 1.